The molecule has 2 amide bonds. The number of carbonyl (C=O) groups excluding carboxylic acids is 2. The molecule has 2 unspecified atom stereocenters. The third kappa shape index (κ3) is 6.14. The first-order valence-electron chi connectivity index (χ1n) is 7.76. The highest BCUT2D eigenvalue weighted by Crippen LogP contribution is 2.24. The zero-order chi connectivity index (χ0) is 15.8. The molecule has 1 aliphatic carbocycles. The molecule has 1 aliphatic rings. The Hall–Kier alpha value is -1.59. The Bertz CT molecular complexity index is 378. The summed E-state index contributed by atoms with van der Waals surface area (Å²) >= 11 is 0. The summed E-state index contributed by atoms with van der Waals surface area (Å²) in [4.78, 5) is 34.7. The van der Waals surface area contributed by atoms with Gasteiger partial charge in [-0.25, -0.2) is 4.79 Å². The van der Waals surface area contributed by atoms with Crippen LogP contribution in [0.25, 0.3) is 0 Å². The molecule has 1 rings (SSSR count). The van der Waals surface area contributed by atoms with Gasteiger partial charge in [-0.15, -0.1) is 0 Å². The first-order valence-corrected chi connectivity index (χ1v) is 7.76. The molecule has 0 spiro atoms. The van der Waals surface area contributed by atoms with Gasteiger partial charge in [0.1, 0.15) is 6.04 Å². The molecule has 1 fully saturated rings. The molecular formula is C15H26N2O4. The number of nitrogens with one attached hydrogen (secondary N) is 2. The second-order valence-electron chi connectivity index (χ2n) is 5.84. The molecule has 6 nitrogen and oxygen atoms in total. The molecule has 21 heavy (non-hydrogen) atoms. The Kier molecular flexibility index (Phi) is 7.19. The van der Waals surface area contributed by atoms with Gasteiger partial charge >= 0.3 is 5.97 Å². The van der Waals surface area contributed by atoms with Crippen LogP contribution in [0.1, 0.15) is 58.8 Å². The maximum Gasteiger partial charge on any atom is 0.326 e. The van der Waals surface area contributed by atoms with Crippen molar-refractivity contribution in [2.24, 2.45) is 5.92 Å². The molecule has 1 saturated carbocycles. The van der Waals surface area contributed by atoms with Gasteiger partial charge in [0.25, 0.3) is 0 Å². The Labute approximate surface area is 125 Å². The maximum atomic E-state index is 11.9. The zero-order valence-electron chi connectivity index (χ0n) is 12.9. The molecule has 0 aromatic rings. The van der Waals surface area contributed by atoms with Crippen molar-refractivity contribution in [3.8, 4) is 0 Å². The molecule has 0 saturated heterocycles. The minimum atomic E-state index is -1.02. The molecule has 0 bridgehead atoms. The van der Waals surface area contributed by atoms with Crippen molar-refractivity contribution >= 4 is 17.8 Å². The van der Waals surface area contributed by atoms with Crippen molar-refractivity contribution in [2.75, 3.05) is 0 Å². The van der Waals surface area contributed by atoms with E-state index in [0.717, 1.165) is 25.7 Å². The van der Waals surface area contributed by atoms with Crippen molar-refractivity contribution < 1.29 is 19.5 Å². The van der Waals surface area contributed by atoms with Crippen molar-refractivity contribution in [2.45, 2.75) is 70.9 Å². The number of hydrogen-bond acceptors (Lipinski definition) is 3. The van der Waals surface area contributed by atoms with E-state index in [0.29, 0.717) is 12.8 Å². The molecular weight excluding hydrogens is 272 g/mol. The van der Waals surface area contributed by atoms with Crippen molar-refractivity contribution in [1.29, 1.82) is 0 Å². The van der Waals surface area contributed by atoms with Crippen LogP contribution in [-0.2, 0) is 14.4 Å². The Morgan fingerprint density at radius 3 is 2.33 bits per heavy atom. The summed E-state index contributed by atoms with van der Waals surface area (Å²) in [6.07, 6.45) is 5.21. The lowest BCUT2D eigenvalue weighted by Gasteiger charge is -2.18. The highest BCUT2D eigenvalue weighted by atomic mass is 16.4. The number of carboxylic acids is 1. The fraction of sp³-hybridized carbons (Fsp3) is 0.800. The number of hydrogen-bond donors (Lipinski definition) is 3. The van der Waals surface area contributed by atoms with Crippen molar-refractivity contribution in [1.82, 2.24) is 10.6 Å². The van der Waals surface area contributed by atoms with E-state index < -0.39 is 12.0 Å². The number of aliphatic carboxylic acids is 1. The molecule has 0 radical (unpaired) electrons. The Morgan fingerprint density at radius 2 is 1.81 bits per heavy atom. The topological polar surface area (TPSA) is 95.5 Å². The van der Waals surface area contributed by atoms with E-state index in [-0.39, 0.29) is 30.2 Å². The van der Waals surface area contributed by atoms with E-state index in [4.69, 9.17) is 5.11 Å². The Balaban J connectivity index is 2.35. The normalized spacial score (nSPS) is 18.0. The van der Waals surface area contributed by atoms with Crippen LogP contribution in [0, 0.1) is 5.92 Å². The SMILES string of the molecule is CCCC(NC(=O)CC(C)NC(=O)C1CCCC1)C(=O)O. The van der Waals surface area contributed by atoms with Crippen molar-refractivity contribution in [3.05, 3.63) is 0 Å². The lowest BCUT2D eigenvalue weighted by atomic mass is 10.1. The third-order valence-electron chi connectivity index (χ3n) is 3.82. The van der Waals surface area contributed by atoms with Gasteiger partial charge in [-0.2, -0.15) is 0 Å². The van der Waals surface area contributed by atoms with E-state index in [1.165, 1.54) is 0 Å². The molecule has 0 aliphatic heterocycles. The van der Waals surface area contributed by atoms with Crippen LogP contribution in [0.5, 0.6) is 0 Å². The average Bonchev–Trinajstić information content (AvgIpc) is 2.91. The van der Waals surface area contributed by atoms with Gasteiger partial charge in [0.15, 0.2) is 0 Å². The van der Waals surface area contributed by atoms with E-state index in [2.05, 4.69) is 10.6 Å². The molecule has 0 aromatic carbocycles. The third-order valence-corrected chi connectivity index (χ3v) is 3.82. The minimum absolute atomic E-state index is 0.0103. The predicted octanol–water partition coefficient (Wildman–Crippen LogP) is 1.44. The summed E-state index contributed by atoms with van der Waals surface area (Å²) in [6.45, 7) is 3.63. The van der Waals surface area contributed by atoms with Crippen LogP contribution in [0.4, 0.5) is 0 Å². The van der Waals surface area contributed by atoms with Gasteiger partial charge in [0.2, 0.25) is 11.8 Å². The molecule has 120 valence electrons. The van der Waals surface area contributed by atoms with Crippen LogP contribution < -0.4 is 10.6 Å². The van der Waals surface area contributed by atoms with Crippen molar-refractivity contribution in [3.63, 3.8) is 0 Å². The number of carboxylic acid groups (broad SMARTS) is 1. The summed E-state index contributed by atoms with van der Waals surface area (Å²) in [5.41, 5.74) is 0. The highest BCUT2D eigenvalue weighted by Gasteiger charge is 2.25. The fourth-order valence-corrected chi connectivity index (χ4v) is 2.68. The summed E-state index contributed by atoms with van der Waals surface area (Å²) < 4.78 is 0. The van der Waals surface area contributed by atoms with E-state index in [1.807, 2.05) is 6.92 Å². The quantitative estimate of drug-likeness (QED) is 0.632. The summed E-state index contributed by atoms with van der Waals surface area (Å²) in [5, 5.41) is 14.3. The molecule has 0 aromatic heterocycles. The van der Waals surface area contributed by atoms with Gasteiger partial charge in [-0.05, 0) is 26.2 Å². The van der Waals surface area contributed by atoms with Gasteiger partial charge in [0.05, 0.1) is 0 Å². The summed E-state index contributed by atoms with van der Waals surface area (Å²) in [5.74, 6) is -1.28. The predicted molar refractivity (Wildman–Crippen MR) is 78.7 cm³/mol. The van der Waals surface area contributed by atoms with Crippen LogP contribution in [-0.4, -0.2) is 35.0 Å². The van der Waals surface area contributed by atoms with E-state index >= 15 is 0 Å². The largest absolute Gasteiger partial charge is 0.480 e. The lowest BCUT2D eigenvalue weighted by Crippen LogP contribution is -2.44. The smallest absolute Gasteiger partial charge is 0.326 e. The van der Waals surface area contributed by atoms with Crippen LogP contribution in [0.15, 0.2) is 0 Å². The van der Waals surface area contributed by atoms with Gasteiger partial charge in [0, 0.05) is 18.4 Å². The standard InChI is InChI=1S/C15H26N2O4/c1-3-6-12(15(20)21)17-13(18)9-10(2)16-14(19)11-7-4-5-8-11/h10-12H,3-9H2,1-2H3,(H,16,19)(H,17,18)(H,20,21). The maximum absolute atomic E-state index is 11.9. The summed E-state index contributed by atoms with van der Waals surface area (Å²) in [7, 11) is 0. The van der Waals surface area contributed by atoms with Crippen LogP contribution >= 0.6 is 0 Å². The van der Waals surface area contributed by atoms with Crippen LogP contribution in [0.2, 0.25) is 0 Å². The fourth-order valence-electron chi connectivity index (χ4n) is 2.68. The number of rotatable bonds is 8. The molecule has 3 N–H and O–H groups in total. The second-order valence-corrected chi connectivity index (χ2v) is 5.84. The minimum Gasteiger partial charge on any atom is -0.480 e. The molecule has 0 heterocycles. The van der Waals surface area contributed by atoms with E-state index in [9.17, 15) is 14.4 Å². The molecule has 6 heteroatoms. The number of carbonyl (C=O) groups is 3. The van der Waals surface area contributed by atoms with Crippen LogP contribution in [0.3, 0.4) is 0 Å². The first-order chi connectivity index (χ1) is 9.93. The average molecular weight is 298 g/mol. The van der Waals surface area contributed by atoms with Gasteiger partial charge in [-0.3, -0.25) is 9.59 Å². The highest BCUT2D eigenvalue weighted by molar-refractivity contribution is 5.84. The summed E-state index contributed by atoms with van der Waals surface area (Å²) in [6, 6.07) is -1.13. The first kappa shape index (κ1) is 17.5. The number of amides is 2. The van der Waals surface area contributed by atoms with Gasteiger partial charge < -0.3 is 15.7 Å². The zero-order valence-corrected chi connectivity index (χ0v) is 12.9. The Morgan fingerprint density at radius 1 is 1.19 bits per heavy atom. The second kappa shape index (κ2) is 8.64. The monoisotopic (exact) mass is 298 g/mol. The lowest BCUT2D eigenvalue weighted by molar-refractivity contribution is -0.142. The van der Waals surface area contributed by atoms with E-state index in [1.54, 1.807) is 6.92 Å². The molecule has 2 atom stereocenters. The van der Waals surface area contributed by atoms with Gasteiger partial charge in [-0.1, -0.05) is 26.2 Å².